The van der Waals surface area contributed by atoms with Crippen LogP contribution in [0.15, 0.2) is 30.6 Å². The number of anilines is 2. The van der Waals surface area contributed by atoms with E-state index in [1.807, 2.05) is 25.7 Å². The normalized spacial score (nSPS) is 21.4. The molecule has 10 nitrogen and oxygen atoms in total. The van der Waals surface area contributed by atoms with Crippen LogP contribution in [0.4, 0.5) is 20.6 Å². The Balaban J connectivity index is 1.39. The van der Waals surface area contributed by atoms with Crippen LogP contribution in [-0.2, 0) is 20.8 Å². The molecule has 1 aromatic heterocycles. The molecule has 0 spiro atoms. The molecule has 0 bridgehead atoms. The highest BCUT2D eigenvalue weighted by Gasteiger charge is 2.34. The van der Waals surface area contributed by atoms with Gasteiger partial charge in [0.2, 0.25) is 0 Å². The van der Waals surface area contributed by atoms with Crippen LogP contribution in [0.25, 0.3) is 0 Å². The molecule has 2 fully saturated rings. The summed E-state index contributed by atoms with van der Waals surface area (Å²) in [5, 5.41) is 7.69. The van der Waals surface area contributed by atoms with Gasteiger partial charge in [-0.1, -0.05) is 5.21 Å². The van der Waals surface area contributed by atoms with Crippen molar-refractivity contribution in [3.8, 4) is 0 Å². The van der Waals surface area contributed by atoms with Gasteiger partial charge in [0.05, 0.1) is 24.5 Å². The molecule has 2 aliphatic heterocycles. The number of aldehydes is 1. The number of piperazine rings is 1. The molecule has 2 aliphatic rings. The number of aromatic nitrogens is 3. The monoisotopic (exact) mass is 460 g/mol. The number of halogens is 1. The number of hydrogen-bond donors (Lipinski definition) is 0. The number of hydrogen-bond acceptors (Lipinski definition) is 8. The van der Waals surface area contributed by atoms with Gasteiger partial charge in [-0.15, -0.1) is 5.10 Å². The van der Waals surface area contributed by atoms with Crippen LogP contribution in [0.5, 0.6) is 0 Å². The first-order chi connectivity index (χ1) is 15.7. The molecule has 0 N–H and O–H groups in total. The number of ether oxygens (including phenoxy) is 2. The summed E-state index contributed by atoms with van der Waals surface area (Å²) in [4.78, 5) is 29.1. The third kappa shape index (κ3) is 5.41. The number of rotatable bonds is 5. The quantitative estimate of drug-likeness (QED) is 0.625. The van der Waals surface area contributed by atoms with E-state index in [1.54, 1.807) is 39.0 Å². The lowest BCUT2D eigenvalue weighted by Crippen LogP contribution is -2.50. The van der Waals surface area contributed by atoms with Crippen molar-refractivity contribution in [2.45, 2.75) is 45.2 Å². The summed E-state index contributed by atoms with van der Waals surface area (Å²) in [6.45, 7) is 8.26. The van der Waals surface area contributed by atoms with Crippen molar-refractivity contribution >= 4 is 23.8 Å². The van der Waals surface area contributed by atoms with Gasteiger partial charge in [-0.3, -0.25) is 4.79 Å². The lowest BCUT2D eigenvalue weighted by atomic mass is 10.2. The zero-order valence-electron chi connectivity index (χ0n) is 19.1. The zero-order valence-corrected chi connectivity index (χ0v) is 19.1. The van der Waals surface area contributed by atoms with Gasteiger partial charge < -0.3 is 24.2 Å². The second-order valence-electron chi connectivity index (χ2n) is 9.15. The Morgan fingerprint density at radius 2 is 2.03 bits per heavy atom. The summed E-state index contributed by atoms with van der Waals surface area (Å²) in [5.74, 6) is -0.386. The van der Waals surface area contributed by atoms with Gasteiger partial charge in [-0.25, -0.2) is 13.9 Å². The number of carbonyl (C=O) groups is 2. The molecule has 178 valence electrons. The van der Waals surface area contributed by atoms with Crippen molar-refractivity contribution in [3.63, 3.8) is 0 Å². The Hall–Kier alpha value is -3.21. The minimum absolute atomic E-state index is 0.273. The largest absolute Gasteiger partial charge is 0.444 e. The lowest BCUT2D eigenvalue weighted by Gasteiger charge is -2.37. The van der Waals surface area contributed by atoms with E-state index >= 15 is 4.39 Å². The third-order valence-electron chi connectivity index (χ3n) is 5.55. The highest BCUT2D eigenvalue weighted by atomic mass is 19.1. The third-order valence-corrected chi connectivity index (χ3v) is 5.55. The van der Waals surface area contributed by atoms with E-state index in [-0.39, 0.29) is 18.0 Å². The van der Waals surface area contributed by atoms with Crippen molar-refractivity contribution < 1.29 is 23.5 Å². The standard InChI is InChI=1S/C22H29FN6O4/c1-22(2,3)33-21(31)27-10-8-26(9-11-27)19-5-4-16(12-18(19)23)29-14-17(32-20(29)15-30)13-28-7-6-24-25-28/h4-7,12,15,17,20H,8-11,13-14H2,1-3H3/t17-,20?/m0/s1. The average Bonchev–Trinajstić information content (AvgIpc) is 3.42. The maximum absolute atomic E-state index is 15.1. The van der Waals surface area contributed by atoms with Gasteiger partial charge in [0, 0.05) is 44.6 Å². The van der Waals surface area contributed by atoms with E-state index in [1.165, 1.54) is 6.07 Å². The van der Waals surface area contributed by atoms with Gasteiger partial charge in [0.25, 0.3) is 0 Å². The number of carbonyl (C=O) groups excluding carboxylic acids is 2. The van der Waals surface area contributed by atoms with E-state index in [2.05, 4.69) is 10.3 Å². The van der Waals surface area contributed by atoms with E-state index < -0.39 is 11.8 Å². The average molecular weight is 461 g/mol. The summed E-state index contributed by atoms with van der Waals surface area (Å²) in [7, 11) is 0. The maximum Gasteiger partial charge on any atom is 0.410 e. The minimum Gasteiger partial charge on any atom is -0.444 e. The summed E-state index contributed by atoms with van der Waals surface area (Å²) < 4.78 is 27.9. The number of benzene rings is 1. The van der Waals surface area contributed by atoms with Gasteiger partial charge in [0.15, 0.2) is 12.5 Å². The Kier molecular flexibility index (Phi) is 6.50. The van der Waals surface area contributed by atoms with Gasteiger partial charge in [-0.2, -0.15) is 0 Å². The van der Waals surface area contributed by atoms with Crippen LogP contribution in [0.2, 0.25) is 0 Å². The maximum atomic E-state index is 15.1. The predicted molar refractivity (Wildman–Crippen MR) is 119 cm³/mol. The number of amides is 1. The molecular weight excluding hydrogens is 431 g/mol. The van der Waals surface area contributed by atoms with Crippen LogP contribution in [0, 0.1) is 5.82 Å². The molecule has 2 aromatic rings. The smallest absolute Gasteiger partial charge is 0.410 e. The van der Waals surface area contributed by atoms with Crippen molar-refractivity contribution in [1.82, 2.24) is 19.9 Å². The first-order valence-corrected chi connectivity index (χ1v) is 11.0. The SMILES string of the molecule is CC(C)(C)OC(=O)N1CCN(c2ccc(N3C[C@H](Cn4ccnn4)OC3C=O)cc2F)CC1. The molecule has 33 heavy (non-hydrogen) atoms. The van der Waals surface area contributed by atoms with Crippen LogP contribution in [0.1, 0.15) is 20.8 Å². The van der Waals surface area contributed by atoms with Gasteiger partial charge in [-0.05, 0) is 39.0 Å². The van der Waals surface area contributed by atoms with Crippen molar-refractivity contribution in [1.29, 1.82) is 0 Å². The van der Waals surface area contributed by atoms with E-state index in [4.69, 9.17) is 9.47 Å². The molecule has 0 radical (unpaired) electrons. The van der Waals surface area contributed by atoms with Crippen LogP contribution in [-0.4, -0.2) is 82.9 Å². The van der Waals surface area contributed by atoms with E-state index in [0.717, 1.165) is 0 Å². The summed E-state index contributed by atoms with van der Waals surface area (Å²) in [5.41, 5.74) is 0.481. The van der Waals surface area contributed by atoms with Crippen molar-refractivity contribution in [2.75, 3.05) is 42.5 Å². The summed E-state index contributed by atoms with van der Waals surface area (Å²) >= 11 is 0. The van der Waals surface area contributed by atoms with Crippen LogP contribution < -0.4 is 9.80 Å². The Bertz CT molecular complexity index is 972. The molecule has 0 aliphatic carbocycles. The highest BCUT2D eigenvalue weighted by Crippen LogP contribution is 2.30. The fourth-order valence-electron chi connectivity index (χ4n) is 4.02. The molecule has 1 aromatic carbocycles. The fourth-order valence-corrected chi connectivity index (χ4v) is 4.02. The van der Waals surface area contributed by atoms with Crippen molar-refractivity contribution in [2.24, 2.45) is 0 Å². The second-order valence-corrected chi connectivity index (χ2v) is 9.15. The first kappa shape index (κ1) is 23.0. The lowest BCUT2D eigenvalue weighted by molar-refractivity contribution is -0.117. The zero-order chi connectivity index (χ0) is 23.6. The molecule has 2 saturated heterocycles. The van der Waals surface area contributed by atoms with E-state index in [9.17, 15) is 9.59 Å². The molecule has 4 rings (SSSR count). The molecule has 11 heteroatoms. The highest BCUT2D eigenvalue weighted by molar-refractivity contribution is 5.69. The van der Waals surface area contributed by atoms with Crippen LogP contribution in [0.3, 0.4) is 0 Å². The second kappa shape index (κ2) is 9.34. The Morgan fingerprint density at radius 3 is 2.64 bits per heavy atom. The Labute approximate surface area is 191 Å². The van der Waals surface area contributed by atoms with Crippen molar-refractivity contribution in [3.05, 3.63) is 36.4 Å². The Morgan fingerprint density at radius 1 is 1.27 bits per heavy atom. The van der Waals surface area contributed by atoms with E-state index in [0.29, 0.717) is 56.9 Å². The minimum atomic E-state index is -0.791. The number of nitrogens with zero attached hydrogens (tertiary/aromatic N) is 6. The molecule has 1 amide bonds. The molecular formula is C22H29FN6O4. The molecule has 2 atom stereocenters. The topological polar surface area (TPSA) is 93.0 Å². The predicted octanol–water partition coefficient (Wildman–Crippen LogP) is 1.90. The van der Waals surface area contributed by atoms with Gasteiger partial charge in [0.1, 0.15) is 11.4 Å². The molecule has 3 heterocycles. The molecule has 1 unspecified atom stereocenters. The molecule has 0 saturated carbocycles. The fraction of sp³-hybridized carbons (Fsp3) is 0.545. The first-order valence-electron chi connectivity index (χ1n) is 11.0. The van der Waals surface area contributed by atoms with Crippen LogP contribution >= 0.6 is 0 Å². The summed E-state index contributed by atoms with van der Waals surface area (Å²) in [6.07, 6.45) is 2.59. The van der Waals surface area contributed by atoms with Gasteiger partial charge >= 0.3 is 6.09 Å². The summed E-state index contributed by atoms with van der Waals surface area (Å²) in [6, 6.07) is 4.92.